The van der Waals surface area contributed by atoms with E-state index in [0.29, 0.717) is 0 Å². The summed E-state index contributed by atoms with van der Waals surface area (Å²) in [6.07, 6.45) is 0. The fourth-order valence-electron chi connectivity index (χ4n) is 2.89. The van der Waals surface area contributed by atoms with Crippen LogP contribution in [0.15, 0.2) is 78.9 Å². The Morgan fingerprint density at radius 1 is 0.769 bits per heavy atom. The van der Waals surface area contributed by atoms with Crippen LogP contribution in [-0.4, -0.2) is 10.0 Å². The van der Waals surface area contributed by atoms with Crippen LogP contribution in [0, 0.1) is 13.8 Å². The zero-order chi connectivity index (χ0) is 18.4. The molecule has 0 saturated carbocycles. The molecule has 132 valence electrons. The number of rotatable bonds is 5. The highest BCUT2D eigenvalue weighted by Crippen LogP contribution is 2.20. The molecule has 0 aromatic heterocycles. The summed E-state index contributed by atoms with van der Waals surface area (Å²) >= 11 is 5.77. The Labute approximate surface area is 161 Å². The predicted octanol–water partition coefficient (Wildman–Crippen LogP) is 5.70. The number of thiocarbonyl (C=S) groups is 1. The topological polar surface area (TPSA) is 15.3 Å². The molecule has 0 spiro atoms. The molecule has 0 fully saturated rings. The number of hydrogen-bond acceptors (Lipinski definition) is 1. The second-order valence-electron chi connectivity index (χ2n) is 6.50. The van der Waals surface area contributed by atoms with Gasteiger partial charge in [-0.05, 0) is 54.4 Å². The summed E-state index contributed by atoms with van der Waals surface area (Å²) in [5, 5.41) is 4.19. The highest BCUT2D eigenvalue weighted by atomic mass is 32.1. The quantitative estimate of drug-likeness (QED) is 0.587. The molecule has 0 radical (unpaired) electrons. The number of benzene rings is 3. The molecule has 0 amide bonds. The Hall–Kier alpha value is -2.65. The molecule has 3 rings (SSSR count). The third-order valence-corrected chi connectivity index (χ3v) is 4.93. The molecule has 26 heavy (non-hydrogen) atoms. The van der Waals surface area contributed by atoms with Crippen LogP contribution in [-0.2, 0) is 13.1 Å². The first kappa shape index (κ1) is 18.2. The van der Waals surface area contributed by atoms with E-state index in [1.54, 1.807) is 0 Å². The fraction of sp³-hybridized carbons (Fsp3) is 0.174. The van der Waals surface area contributed by atoms with Crippen molar-refractivity contribution < 1.29 is 0 Å². The Balaban J connectivity index is 1.81. The summed E-state index contributed by atoms with van der Waals surface area (Å²) in [7, 11) is 0. The molecular weight excluding hydrogens is 336 g/mol. The molecule has 0 heterocycles. The van der Waals surface area contributed by atoms with Crippen LogP contribution >= 0.6 is 12.2 Å². The molecule has 1 N–H and O–H groups in total. The summed E-state index contributed by atoms with van der Waals surface area (Å²) in [5.74, 6) is 0. The first-order valence-electron chi connectivity index (χ1n) is 8.83. The van der Waals surface area contributed by atoms with Crippen LogP contribution in [0.25, 0.3) is 0 Å². The van der Waals surface area contributed by atoms with Crippen LogP contribution in [0.1, 0.15) is 22.3 Å². The van der Waals surface area contributed by atoms with E-state index in [0.717, 1.165) is 23.9 Å². The third kappa shape index (κ3) is 4.70. The standard InChI is InChI=1S/C23H24N2S/c1-18-10-9-15-22(19(18)2)24-23(26)25(16-20-11-5-3-6-12-20)17-21-13-7-4-8-14-21/h3-15H,16-17H2,1-2H3,(H,24,26). The third-order valence-electron chi connectivity index (χ3n) is 4.57. The lowest BCUT2D eigenvalue weighted by molar-refractivity contribution is 0.413. The van der Waals surface area contributed by atoms with Crippen molar-refractivity contribution >= 4 is 23.0 Å². The van der Waals surface area contributed by atoms with E-state index < -0.39 is 0 Å². The van der Waals surface area contributed by atoms with Gasteiger partial charge in [0, 0.05) is 18.8 Å². The Bertz CT molecular complexity index is 818. The van der Waals surface area contributed by atoms with E-state index in [4.69, 9.17) is 12.2 Å². The molecule has 0 aliphatic rings. The second-order valence-corrected chi connectivity index (χ2v) is 6.89. The van der Waals surface area contributed by atoms with Gasteiger partial charge in [-0.1, -0.05) is 72.8 Å². The Kier molecular flexibility index (Phi) is 6.03. The Morgan fingerprint density at radius 2 is 1.31 bits per heavy atom. The SMILES string of the molecule is Cc1cccc(NC(=S)N(Cc2ccccc2)Cc2ccccc2)c1C. The maximum Gasteiger partial charge on any atom is 0.174 e. The molecule has 3 aromatic carbocycles. The minimum absolute atomic E-state index is 0.742. The van der Waals surface area contributed by atoms with E-state index >= 15 is 0 Å². The summed E-state index contributed by atoms with van der Waals surface area (Å²) in [4.78, 5) is 2.21. The van der Waals surface area contributed by atoms with E-state index in [1.807, 2.05) is 12.1 Å². The largest absolute Gasteiger partial charge is 0.340 e. The zero-order valence-electron chi connectivity index (χ0n) is 15.3. The van der Waals surface area contributed by atoms with Crippen molar-refractivity contribution in [2.45, 2.75) is 26.9 Å². The van der Waals surface area contributed by atoms with Crippen molar-refractivity contribution in [1.29, 1.82) is 0 Å². The molecule has 0 bridgehead atoms. The van der Waals surface area contributed by atoms with E-state index in [-0.39, 0.29) is 0 Å². The van der Waals surface area contributed by atoms with Gasteiger partial charge >= 0.3 is 0 Å². The second kappa shape index (κ2) is 8.63. The van der Waals surface area contributed by atoms with Gasteiger partial charge in [-0.25, -0.2) is 0 Å². The maximum absolute atomic E-state index is 5.77. The number of nitrogens with zero attached hydrogens (tertiary/aromatic N) is 1. The molecule has 0 aliphatic carbocycles. The van der Waals surface area contributed by atoms with Crippen molar-refractivity contribution in [3.8, 4) is 0 Å². The van der Waals surface area contributed by atoms with E-state index in [9.17, 15) is 0 Å². The normalized spacial score (nSPS) is 10.4. The smallest absolute Gasteiger partial charge is 0.174 e. The monoisotopic (exact) mass is 360 g/mol. The van der Waals surface area contributed by atoms with E-state index in [2.05, 4.69) is 90.8 Å². The van der Waals surface area contributed by atoms with Gasteiger partial charge < -0.3 is 10.2 Å². The van der Waals surface area contributed by atoms with Crippen LogP contribution in [0.2, 0.25) is 0 Å². The van der Waals surface area contributed by atoms with Crippen molar-refractivity contribution in [1.82, 2.24) is 4.90 Å². The summed E-state index contributed by atoms with van der Waals surface area (Å²) in [5.41, 5.74) is 6.05. The Morgan fingerprint density at radius 3 is 1.85 bits per heavy atom. The van der Waals surface area contributed by atoms with Gasteiger partial charge in [0.15, 0.2) is 5.11 Å². The van der Waals surface area contributed by atoms with Gasteiger partial charge in [-0.2, -0.15) is 0 Å². The summed E-state index contributed by atoms with van der Waals surface area (Å²) in [6.45, 7) is 5.78. The predicted molar refractivity (Wildman–Crippen MR) is 114 cm³/mol. The lowest BCUT2D eigenvalue weighted by Crippen LogP contribution is -2.34. The maximum atomic E-state index is 5.77. The minimum atomic E-state index is 0.742. The molecule has 0 unspecified atom stereocenters. The molecule has 3 heteroatoms. The first-order valence-corrected chi connectivity index (χ1v) is 9.24. The molecule has 2 nitrogen and oxygen atoms in total. The summed E-state index contributed by atoms with van der Waals surface area (Å²) in [6, 6.07) is 27.2. The van der Waals surface area contributed by atoms with Gasteiger partial charge in [0.1, 0.15) is 0 Å². The van der Waals surface area contributed by atoms with Crippen molar-refractivity contribution in [3.05, 3.63) is 101 Å². The average Bonchev–Trinajstić information content (AvgIpc) is 2.66. The lowest BCUT2D eigenvalue weighted by Gasteiger charge is -2.27. The highest BCUT2D eigenvalue weighted by Gasteiger charge is 2.13. The molecule has 0 atom stereocenters. The first-order chi connectivity index (χ1) is 12.6. The van der Waals surface area contributed by atoms with Gasteiger partial charge in [-0.15, -0.1) is 0 Å². The lowest BCUT2D eigenvalue weighted by atomic mass is 10.1. The molecule has 0 aliphatic heterocycles. The fourth-order valence-corrected chi connectivity index (χ4v) is 3.13. The van der Waals surface area contributed by atoms with Crippen LogP contribution < -0.4 is 5.32 Å². The van der Waals surface area contributed by atoms with Crippen LogP contribution in [0.4, 0.5) is 5.69 Å². The van der Waals surface area contributed by atoms with Crippen LogP contribution in [0.3, 0.4) is 0 Å². The number of nitrogens with one attached hydrogen (secondary N) is 1. The van der Waals surface area contributed by atoms with Crippen LogP contribution in [0.5, 0.6) is 0 Å². The van der Waals surface area contributed by atoms with Crippen molar-refractivity contribution in [2.24, 2.45) is 0 Å². The van der Waals surface area contributed by atoms with Gasteiger partial charge in [0.25, 0.3) is 0 Å². The average molecular weight is 361 g/mol. The van der Waals surface area contributed by atoms with Crippen molar-refractivity contribution in [3.63, 3.8) is 0 Å². The number of hydrogen-bond donors (Lipinski definition) is 1. The number of aryl methyl sites for hydroxylation is 1. The summed E-state index contributed by atoms with van der Waals surface area (Å²) < 4.78 is 0. The van der Waals surface area contributed by atoms with E-state index in [1.165, 1.54) is 22.3 Å². The molecule has 3 aromatic rings. The highest BCUT2D eigenvalue weighted by molar-refractivity contribution is 7.80. The zero-order valence-corrected chi connectivity index (χ0v) is 16.1. The van der Waals surface area contributed by atoms with Gasteiger partial charge in [0.05, 0.1) is 0 Å². The van der Waals surface area contributed by atoms with Gasteiger partial charge in [0.2, 0.25) is 0 Å². The molecule has 0 saturated heterocycles. The number of anilines is 1. The minimum Gasteiger partial charge on any atom is -0.340 e. The molecular formula is C23H24N2S. The van der Waals surface area contributed by atoms with Gasteiger partial charge in [-0.3, -0.25) is 0 Å². The van der Waals surface area contributed by atoms with Crippen molar-refractivity contribution in [2.75, 3.05) is 5.32 Å².